The van der Waals surface area contributed by atoms with E-state index in [9.17, 15) is 9.59 Å². The number of pyridine rings is 2. The number of ether oxygens (including phenoxy) is 1. The molecular weight excluding hydrogens is 488 g/mol. The van der Waals surface area contributed by atoms with Crippen LogP contribution in [0.1, 0.15) is 65.5 Å². The van der Waals surface area contributed by atoms with Crippen LogP contribution in [0.15, 0.2) is 36.5 Å². The van der Waals surface area contributed by atoms with Crippen molar-refractivity contribution in [1.29, 1.82) is 0 Å². The molecule has 1 unspecified atom stereocenters. The molecule has 7 nitrogen and oxygen atoms in total. The normalized spacial score (nSPS) is 19.6. The number of aromatic nitrogens is 2. The third-order valence-electron chi connectivity index (χ3n) is 7.55. The summed E-state index contributed by atoms with van der Waals surface area (Å²) in [6, 6.07) is 9.55. The summed E-state index contributed by atoms with van der Waals surface area (Å²) in [5, 5.41) is 1.62. The van der Waals surface area contributed by atoms with Crippen LogP contribution in [0.4, 0.5) is 4.79 Å². The van der Waals surface area contributed by atoms with E-state index >= 15 is 0 Å². The minimum absolute atomic E-state index is 0.0621. The van der Waals surface area contributed by atoms with Crippen LogP contribution in [0.2, 0.25) is 5.02 Å². The number of halogens is 1. The first kappa shape index (κ1) is 25.5. The van der Waals surface area contributed by atoms with Gasteiger partial charge in [0, 0.05) is 60.1 Å². The first-order valence-electron chi connectivity index (χ1n) is 13.1. The molecule has 0 bridgehead atoms. The highest BCUT2D eigenvalue weighted by molar-refractivity contribution is 6.36. The molecule has 1 aliphatic carbocycles. The predicted octanol–water partition coefficient (Wildman–Crippen LogP) is 5.56. The maximum Gasteiger partial charge on any atom is 0.410 e. The number of rotatable bonds is 4. The minimum atomic E-state index is -0.310. The van der Waals surface area contributed by atoms with Crippen molar-refractivity contribution in [1.82, 2.24) is 19.8 Å². The molecule has 0 spiro atoms. The summed E-state index contributed by atoms with van der Waals surface area (Å²) in [4.78, 5) is 38.9. The van der Waals surface area contributed by atoms with Gasteiger partial charge in [0.1, 0.15) is 0 Å². The highest BCUT2D eigenvalue weighted by Crippen LogP contribution is 2.38. The molecule has 1 saturated heterocycles. The molecule has 2 atom stereocenters. The highest BCUT2D eigenvalue weighted by atomic mass is 35.5. The van der Waals surface area contributed by atoms with Gasteiger partial charge in [-0.15, -0.1) is 0 Å². The summed E-state index contributed by atoms with van der Waals surface area (Å²) >= 11 is 6.87. The van der Waals surface area contributed by atoms with Crippen molar-refractivity contribution in [3.05, 3.63) is 69.6 Å². The maximum atomic E-state index is 13.4. The van der Waals surface area contributed by atoms with Crippen molar-refractivity contribution in [3.63, 3.8) is 0 Å². The maximum absolute atomic E-state index is 13.4. The zero-order valence-electron chi connectivity index (χ0n) is 21.7. The monoisotopic (exact) mass is 520 g/mol. The number of hydrogen-bond donors (Lipinski definition) is 0. The van der Waals surface area contributed by atoms with Crippen LogP contribution < -0.4 is 0 Å². The first-order chi connectivity index (χ1) is 17.9. The lowest BCUT2D eigenvalue weighted by atomic mass is 9.83. The van der Waals surface area contributed by atoms with E-state index in [0.29, 0.717) is 37.7 Å². The van der Waals surface area contributed by atoms with Crippen LogP contribution in [0.25, 0.3) is 10.9 Å². The van der Waals surface area contributed by atoms with Crippen LogP contribution in [-0.4, -0.2) is 64.1 Å². The third-order valence-corrected chi connectivity index (χ3v) is 7.98. The molecule has 5 rings (SSSR count). The molecule has 1 aromatic carbocycles. The lowest BCUT2D eigenvalue weighted by Gasteiger charge is -2.39. The molecule has 3 aromatic rings. The number of carbonyl (C=O) groups is 2. The van der Waals surface area contributed by atoms with Crippen molar-refractivity contribution in [2.24, 2.45) is 0 Å². The lowest BCUT2D eigenvalue weighted by molar-refractivity contribution is 0.0412. The number of hydrogen-bond acceptors (Lipinski definition) is 5. The molecular formula is C29H33ClN4O3. The Morgan fingerprint density at radius 2 is 2.05 bits per heavy atom. The van der Waals surface area contributed by atoms with E-state index < -0.39 is 0 Å². The number of nitrogens with zero attached hydrogens (tertiary/aromatic N) is 4. The fourth-order valence-corrected chi connectivity index (χ4v) is 5.91. The standard InChI is InChI=1S/C29H33ClN4O3/c1-4-14-37-29(36)34-13-12-33(17-19(34)3)28(35)21-8-10-23-25(16-21)32-24-15-20(7-9-22(24)26(23)30)27-18(2)6-5-11-31-27/h5-6,8,10-11,16,19-20H,4,7,9,12-15,17H2,1-3H3/t19-,20?/m1/s1. The van der Waals surface area contributed by atoms with E-state index in [1.165, 1.54) is 5.56 Å². The third kappa shape index (κ3) is 5.01. The van der Waals surface area contributed by atoms with Crippen LogP contribution in [0.3, 0.4) is 0 Å². The SMILES string of the molecule is CCCOC(=O)N1CCN(C(=O)c2ccc3c(Cl)c4c(nc3c2)CC(c2ncccc2C)CC4)C[C@H]1C. The molecule has 2 aromatic heterocycles. The number of piperazine rings is 1. The van der Waals surface area contributed by atoms with Gasteiger partial charge in [-0.25, -0.2) is 4.79 Å². The van der Waals surface area contributed by atoms with Gasteiger partial charge in [-0.1, -0.05) is 30.7 Å². The minimum Gasteiger partial charge on any atom is -0.449 e. The van der Waals surface area contributed by atoms with Crippen molar-refractivity contribution in [2.75, 3.05) is 26.2 Å². The van der Waals surface area contributed by atoms with Gasteiger partial charge in [0.05, 0.1) is 17.1 Å². The molecule has 37 heavy (non-hydrogen) atoms. The summed E-state index contributed by atoms with van der Waals surface area (Å²) in [5.74, 6) is 0.245. The van der Waals surface area contributed by atoms with Crippen molar-refractivity contribution in [3.8, 4) is 0 Å². The lowest BCUT2D eigenvalue weighted by Crippen LogP contribution is -2.55. The molecule has 2 amide bonds. The molecule has 1 aliphatic heterocycles. The van der Waals surface area contributed by atoms with Crippen molar-refractivity contribution < 1.29 is 14.3 Å². The number of fused-ring (bicyclic) bond motifs is 2. The molecule has 8 heteroatoms. The van der Waals surface area contributed by atoms with Gasteiger partial charge in [0.25, 0.3) is 5.91 Å². The van der Waals surface area contributed by atoms with Crippen LogP contribution in [0.5, 0.6) is 0 Å². The highest BCUT2D eigenvalue weighted by Gasteiger charge is 2.31. The van der Waals surface area contributed by atoms with Crippen LogP contribution >= 0.6 is 11.6 Å². The second-order valence-electron chi connectivity index (χ2n) is 10.1. The fourth-order valence-electron chi connectivity index (χ4n) is 5.55. The zero-order chi connectivity index (χ0) is 26.1. The Kier molecular flexibility index (Phi) is 7.33. The summed E-state index contributed by atoms with van der Waals surface area (Å²) < 4.78 is 5.29. The van der Waals surface area contributed by atoms with Crippen LogP contribution in [0, 0.1) is 6.92 Å². The van der Waals surface area contributed by atoms with Crippen LogP contribution in [-0.2, 0) is 17.6 Å². The molecule has 3 heterocycles. The Morgan fingerprint density at radius 3 is 2.81 bits per heavy atom. The van der Waals surface area contributed by atoms with Crippen molar-refractivity contribution in [2.45, 2.75) is 58.4 Å². The fraction of sp³-hybridized carbons (Fsp3) is 0.448. The van der Waals surface area contributed by atoms with E-state index in [4.69, 9.17) is 21.3 Å². The molecule has 0 N–H and O–H groups in total. The Labute approximate surface area is 222 Å². The van der Waals surface area contributed by atoms with Gasteiger partial charge in [0.2, 0.25) is 0 Å². The van der Waals surface area contributed by atoms with Gasteiger partial charge in [-0.05, 0) is 68.9 Å². The average Bonchev–Trinajstić information content (AvgIpc) is 2.91. The van der Waals surface area contributed by atoms with Gasteiger partial charge in [-0.2, -0.15) is 0 Å². The van der Waals surface area contributed by atoms with Gasteiger partial charge in [-0.3, -0.25) is 14.8 Å². The first-order valence-corrected chi connectivity index (χ1v) is 13.5. The second kappa shape index (κ2) is 10.7. The number of aryl methyl sites for hydroxylation is 1. The van der Waals surface area contributed by atoms with Gasteiger partial charge >= 0.3 is 6.09 Å². The summed E-state index contributed by atoms with van der Waals surface area (Å²) in [6.07, 6.45) is 4.96. The predicted molar refractivity (Wildman–Crippen MR) is 144 cm³/mol. The molecule has 2 aliphatic rings. The number of carbonyl (C=O) groups excluding carboxylic acids is 2. The van der Waals surface area contributed by atoms with E-state index in [0.717, 1.165) is 58.6 Å². The largest absolute Gasteiger partial charge is 0.449 e. The second-order valence-corrected chi connectivity index (χ2v) is 10.5. The van der Waals surface area contributed by atoms with Crippen molar-refractivity contribution >= 4 is 34.5 Å². The molecule has 0 radical (unpaired) electrons. The number of benzene rings is 1. The molecule has 1 fully saturated rings. The Bertz CT molecular complexity index is 1340. The van der Waals surface area contributed by atoms with E-state index in [-0.39, 0.29) is 18.0 Å². The van der Waals surface area contributed by atoms with Gasteiger partial charge < -0.3 is 14.5 Å². The average molecular weight is 521 g/mol. The summed E-state index contributed by atoms with van der Waals surface area (Å²) in [5.41, 5.74) is 5.75. The zero-order valence-corrected chi connectivity index (χ0v) is 22.4. The molecule has 0 saturated carbocycles. The number of amides is 2. The van der Waals surface area contributed by atoms with E-state index in [2.05, 4.69) is 18.0 Å². The molecule has 194 valence electrons. The van der Waals surface area contributed by atoms with Gasteiger partial charge in [0.15, 0.2) is 0 Å². The summed E-state index contributed by atoms with van der Waals surface area (Å²) in [6.45, 7) is 7.80. The van der Waals surface area contributed by atoms with E-state index in [1.54, 1.807) is 9.80 Å². The van der Waals surface area contributed by atoms with E-state index in [1.807, 2.05) is 44.3 Å². The topological polar surface area (TPSA) is 75.6 Å². The summed E-state index contributed by atoms with van der Waals surface area (Å²) in [7, 11) is 0. The Balaban J connectivity index is 1.36. The Morgan fingerprint density at radius 1 is 1.22 bits per heavy atom. The quantitative estimate of drug-likeness (QED) is 0.450. The smallest absolute Gasteiger partial charge is 0.410 e. The Hall–Kier alpha value is -3.19.